The maximum Gasteiger partial charge on any atom is 0.0965 e. The Labute approximate surface area is 146 Å². The predicted octanol–water partition coefficient (Wildman–Crippen LogP) is 5.59. The molecule has 0 atom stereocenters. The lowest BCUT2D eigenvalue weighted by molar-refractivity contribution is 0.279. The number of nitrogens with one attached hydrogen (secondary N) is 1. The van der Waals surface area contributed by atoms with E-state index in [4.69, 9.17) is 4.74 Å². The van der Waals surface area contributed by atoms with Crippen LogP contribution < -0.4 is 0 Å². The van der Waals surface area contributed by atoms with Crippen molar-refractivity contribution < 1.29 is 4.74 Å². The molecular weight excluding hydrogens is 296 g/mol. The molecule has 0 fully saturated rings. The highest BCUT2D eigenvalue weighted by Crippen LogP contribution is 2.27. The SMILES string of the molecule is COC1=Cc2cc(C(C)C)[nH]c2CC1.Cc1cc(C(C)C)ccn1. The molecule has 0 saturated heterocycles. The summed E-state index contributed by atoms with van der Waals surface area (Å²) in [5.74, 6) is 2.27. The Morgan fingerprint density at radius 3 is 2.38 bits per heavy atom. The van der Waals surface area contributed by atoms with Crippen LogP contribution in [0, 0.1) is 6.92 Å². The van der Waals surface area contributed by atoms with Crippen molar-refractivity contribution in [3.63, 3.8) is 0 Å². The number of aromatic nitrogens is 2. The van der Waals surface area contributed by atoms with Crippen LogP contribution in [0.3, 0.4) is 0 Å². The molecule has 0 bridgehead atoms. The fourth-order valence-corrected chi connectivity index (χ4v) is 2.77. The summed E-state index contributed by atoms with van der Waals surface area (Å²) < 4.78 is 5.26. The summed E-state index contributed by atoms with van der Waals surface area (Å²) in [7, 11) is 1.74. The summed E-state index contributed by atoms with van der Waals surface area (Å²) in [6, 6.07) is 6.43. The van der Waals surface area contributed by atoms with Crippen molar-refractivity contribution in [3.8, 4) is 0 Å². The number of aromatic amines is 1. The molecule has 0 aromatic carbocycles. The van der Waals surface area contributed by atoms with E-state index in [1.54, 1.807) is 7.11 Å². The van der Waals surface area contributed by atoms with Crippen LogP contribution in [0.5, 0.6) is 0 Å². The maximum atomic E-state index is 5.26. The van der Waals surface area contributed by atoms with Gasteiger partial charge in [-0.25, -0.2) is 0 Å². The van der Waals surface area contributed by atoms with Crippen molar-refractivity contribution in [3.05, 3.63) is 58.4 Å². The van der Waals surface area contributed by atoms with Crippen LogP contribution in [0.15, 0.2) is 30.2 Å². The Morgan fingerprint density at radius 1 is 1.08 bits per heavy atom. The molecule has 2 aromatic heterocycles. The van der Waals surface area contributed by atoms with E-state index in [2.05, 4.69) is 61.9 Å². The van der Waals surface area contributed by atoms with E-state index < -0.39 is 0 Å². The molecule has 0 unspecified atom stereocenters. The highest BCUT2D eigenvalue weighted by molar-refractivity contribution is 5.58. The zero-order valence-electron chi connectivity index (χ0n) is 15.8. The van der Waals surface area contributed by atoms with Gasteiger partial charge in [0.2, 0.25) is 0 Å². The number of H-pyrrole nitrogens is 1. The second kappa shape index (κ2) is 8.18. The first-order valence-electron chi connectivity index (χ1n) is 8.79. The highest BCUT2D eigenvalue weighted by atomic mass is 16.5. The van der Waals surface area contributed by atoms with Crippen LogP contribution in [-0.2, 0) is 11.2 Å². The molecule has 3 rings (SSSR count). The van der Waals surface area contributed by atoms with Gasteiger partial charge in [-0.3, -0.25) is 4.98 Å². The molecule has 0 spiro atoms. The van der Waals surface area contributed by atoms with E-state index in [1.165, 1.54) is 22.5 Å². The standard InChI is InChI=1S/C12H17NO.C9H13N/c1-8(2)12-7-9-6-10(14-3)4-5-11(9)13-12;1-7(2)9-4-5-10-8(3)6-9/h6-8,13H,4-5H2,1-3H3;4-7H,1-3H3. The van der Waals surface area contributed by atoms with Gasteiger partial charge in [0.1, 0.15) is 0 Å². The molecule has 0 amide bonds. The Balaban J connectivity index is 0.000000185. The number of aryl methyl sites for hydroxylation is 2. The number of hydrogen-bond acceptors (Lipinski definition) is 2. The Morgan fingerprint density at radius 2 is 1.83 bits per heavy atom. The van der Waals surface area contributed by atoms with Crippen LogP contribution >= 0.6 is 0 Å². The molecule has 3 nitrogen and oxygen atoms in total. The van der Waals surface area contributed by atoms with Crippen molar-refractivity contribution in [1.29, 1.82) is 0 Å². The lowest BCUT2D eigenvalue weighted by Gasteiger charge is -2.11. The largest absolute Gasteiger partial charge is 0.501 e. The molecule has 2 heterocycles. The molecule has 1 N–H and O–H groups in total. The summed E-state index contributed by atoms with van der Waals surface area (Å²) in [4.78, 5) is 7.60. The van der Waals surface area contributed by atoms with Gasteiger partial charge in [-0.2, -0.15) is 0 Å². The van der Waals surface area contributed by atoms with E-state index >= 15 is 0 Å². The van der Waals surface area contributed by atoms with E-state index in [0.29, 0.717) is 11.8 Å². The summed E-state index contributed by atoms with van der Waals surface area (Å²) in [6.45, 7) is 10.8. The topological polar surface area (TPSA) is 37.9 Å². The number of pyridine rings is 1. The van der Waals surface area contributed by atoms with Gasteiger partial charge in [-0.15, -0.1) is 0 Å². The molecule has 0 saturated carbocycles. The van der Waals surface area contributed by atoms with Crippen molar-refractivity contribution in [2.24, 2.45) is 0 Å². The summed E-state index contributed by atoms with van der Waals surface area (Å²) >= 11 is 0. The van der Waals surface area contributed by atoms with Gasteiger partial charge < -0.3 is 9.72 Å². The fourth-order valence-electron chi connectivity index (χ4n) is 2.77. The Hall–Kier alpha value is -2.03. The number of hydrogen-bond donors (Lipinski definition) is 1. The van der Waals surface area contributed by atoms with Gasteiger partial charge in [0.15, 0.2) is 0 Å². The van der Waals surface area contributed by atoms with Crippen molar-refractivity contribution >= 4 is 6.08 Å². The van der Waals surface area contributed by atoms with Gasteiger partial charge in [0, 0.05) is 29.7 Å². The summed E-state index contributed by atoms with van der Waals surface area (Å²) in [6.07, 6.45) is 6.09. The maximum absolute atomic E-state index is 5.26. The number of fused-ring (bicyclic) bond motifs is 1. The predicted molar refractivity (Wildman–Crippen MR) is 101 cm³/mol. The molecule has 24 heavy (non-hydrogen) atoms. The first kappa shape index (κ1) is 18.3. The third-order valence-corrected chi connectivity index (χ3v) is 4.36. The molecule has 1 aliphatic carbocycles. The van der Waals surface area contributed by atoms with Crippen molar-refractivity contribution in [2.45, 2.75) is 59.3 Å². The van der Waals surface area contributed by atoms with Gasteiger partial charge in [0.25, 0.3) is 0 Å². The van der Waals surface area contributed by atoms with Gasteiger partial charge in [0.05, 0.1) is 12.9 Å². The first-order valence-corrected chi connectivity index (χ1v) is 8.79. The highest BCUT2D eigenvalue weighted by Gasteiger charge is 2.14. The monoisotopic (exact) mass is 326 g/mol. The fraction of sp³-hybridized carbons (Fsp3) is 0.476. The lowest BCUT2D eigenvalue weighted by Crippen LogP contribution is -1.99. The normalized spacial score (nSPS) is 13.2. The van der Waals surface area contributed by atoms with Crippen LogP contribution in [0.1, 0.15) is 74.2 Å². The molecule has 2 aromatic rings. The number of nitrogens with zero attached hydrogens (tertiary/aromatic N) is 1. The van der Waals surface area contributed by atoms with E-state index in [1.807, 2.05) is 13.1 Å². The van der Waals surface area contributed by atoms with Gasteiger partial charge in [-0.1, -0.05) is 27.7 Å². The summed E-state index contributed by atoms with van der Waals surface area (Å²) in [5, 5.41) is 0. The quantitative estimate of drug-likeness (QED) is 0.799. The summed E-state index contributed by atoms with van der Waals surface area (Å²) in [5.41, 5.74) is 6.45. The average molecular weight is 326 g/mol. The van der Waals surface area contributed by atoms with E-state index in [-0.39, 0.29) is 0 Å². The average Bonchev–Trinajstić information content (AvgIpc) is 2.98. The molecular formula is C21H30N2O. The minimum Gasteiger partial charge on any atom is -0.501 e. The second-order valence-corrected chi connectivity index (χ2v) is 7.01. The zero-order chi connectivity index (χ0) is 17.7. The molecule has 0 aliphatic heterocycles. The Bertz CT molecular complexity index is 696. The smallest absolute Gasteiger partial charge is 0.0965 e. The van der Waals surface area contributed by atoms with Gasteiger partial charge in [-0.05, 0) is 60.6 Å². The lowest BCUT2D eigenvalue weighted by atomic mass is 10.0. The van der Waals surface area contributed by atoms with E-state index in [9.17, 15) is 0 Å². The van der Waals surface area contributed by atoms with Crippen LogP contribution in [-0.4, -0.2) is 17.1 Å². The number of allylic oxidation sites excluding steroid dienone is 1. The first-order chi connectivity index (χ1) is 11.4. The third-order valence-electron chi connectivity index (χ3n) is 4.36. The number of rotatable bonds is 3. The minimum atomic E-state index is 0.569. The van der Waals surface area contributed by atoms with Gasteiger partial charge >= 0.3 is 0 Å². The van der Waals surface area contributed by atoms with Crippen LogP contribution in [0.4, 0.5) is 0 Å². The molecule has 3 heteroatoms. The van der Waals surface area contributed by atoms with Crippen molar-refractivity contribution in [1.82, 2.24) is 9.97 Å². The number of methoxy groups -OCH3 is 1. The van der Waals surface area contributed by atoms with E-state index in [0.717, 1.165) is 24.3 Å². The molecule has 130 valence electrons. The van der Waals surface area contributed by atoms with Crippen LogP contribution in [0.25, 0.3) is 6.08 Å². The molecule has 0 radical (unpaired) electrons. The van der Waals surface area contributed by atoms with Crippen LogP contribution in [0.2, 0.25) is 0 Å². The second-order valence-electron chi connectivity index (χ2n) is 7.01. The number of ether oxygens (including phenoxy) is 1. The van der Waals surface area contributed by atoms with Crippen molar-refractivity contribution in [2.75, 3.05) is 7.11 Å². The Kier molecular flexibility index (Phi) is 6.24. The zero-order valence-corrected chi connectivity index (χ0v) is 15.8. The minimum absolute atomic E-state index is 0.569. The molecule has 1 aliphatic rings. The third kappa shape index (κ3) is 4.73.